The summed E-state index contributed by atoms with van der Waals surface area (Å²) in [4.78, 5) is 25.2. The minimum absolute atomic E-state index is 0.151. The highest BCUT2D eigenvalue weighted by Crippen LogP contribution is 2.45. The first kappa shape index (κ1) is 17.0. The molecule has 1 aromatic heterocycles. The normalized spacial score (nSPS) is 18.1. The Morgan fingerprint density at radius 1 is 1.15 bits per heavy atom. The Morgan fingerprint density at radius 3 is 2.67 bits per heavy atom. The standard InChI is InChI=1S/C20H16O7/c1-2-25-20(24)18-15(10-7-8-12(21)13(22)9-10)16-17(27-18)11-5-3-4-6-14(11)26-19(16)23/h3-9,15,18,21-22H,2H2,1H3/t15-,18-/m1/s1. The van der Waals surface area contributed by atoms with Gasteiger partial charge in [-0.05, 0) is 36.8 Å². The van der Waals surface area contributed by atoms with Crippen LogP contribution in [0.1, 0.15) is 24.0 Å². The molecule has 0 aliphatic carbocycles. The fourth-order valence-corrected chi connectivity index (χ4v) is 3.36. The number of aromatic hydroxyl groups is 2. The molecule has 27 heavy (non-hydrogen) atoms. The number of phenolic OH excluding ortho intramolecular Hbond substituents is 2. The van der Waals surface area contributed by atoms with E-state index < -0.39 is 23.6 Å². The number of fused-ring (bicyclic) bond motifs is 3. The van der Waals surface area contributed by atoms with Gasteiger partial charge in [0.25, 0.3) is 0 Å². The fraction of sp³-hybridized carbons (Fsp3) is 0.200. The Balaban J connectivity index is 1.96. The summed E-state index contributed by atoms with van der Waals surface area (Å²) in [6.07, 6.45) is -1.11. The van der Waals surface area contributed by atoms with Crippen LogP contribution in [-0.4, -0.2) is 28.9 Å². The number of benzene rings is 2. The molecule has 0 unspecified atom stereocenters. The average molecular weight is 368 g/mol. The van der Waals surface area contributed by atoms with E-state index in [0.29, 0.717) is 16.5 Å². The van der Waals surface area contributed by atoms with Gasteiger partial charge in [-0.3, -0.25) is 0 Å². The van der Waals surface area contributed by atoms with Crippen LogP contribution in [-0.2, 0) is 9.53 Å². The third-order valence-electron chi connectivity index (χ3n) is 4.53. The van der Waals surface area contributed by atoms with Crippen LogP contribution in [0.25, 0.3) is 11.0 Å². The van der Waals surface area contributed by atoms with E-state index in [4.69, 9.17) is 13.9 Å². The van der Waals surface area contributed by atoms with Crippen molar-refractivity contribution in [3.05, 3.63) is 64.0 Å². The first-order valence-corrected chi connectivity index (χ1v) is 8.42. The molecule has 2 aromatic carbocycles. The highest BCUT2D eigenvalue weighted by molar-refractivity contribution is 5.88. The zero-order valence-electron chi connectivity index (χ0n) is 14.3. The summed E-state index contributed by atoms with van der Waals surface area (Å²) in [7, 11) is 0. The second-order valence-electron chi connectivity index (χ2n) is 6.14. The number of esters is 1. The van der Waals surface area contributed by atoms with Crippen LogP contribution in [0.5, 0.6) is 17.2 Å². The summed E-state index contributed by atoms with van der Waals surface area (Å²) in [6.45, 7) is 1.82. The lowest BCUT2D eigenvalue weighted by atomic mass is 9.88. The zero-order valence-corrected chi connectivity index (χ0v) is 14.3. The van der Waals surface area contributed by atoms with Gasteiger partial charge in [0.15, 0.2) is 11.5 Å². The molecule has 0 amide bonds. The van der Waals surface area contributed by atoms with Crippen molar-refractivity contribution in [1.82, 2.24) is 0 Å². The molecule has 2 heterocycles. The van der Waals surface area contributed by atoms with Crippen molar-refractivity contribution < 1.29 is 28.9 Å². The molecule has 3 aromatic rings. The largest absolute Gasteiger partial charge is 0.504 e. The molecule has 0 radical (unpaired) electrons. The van der Waals surface area contributed by atoms with Gasteiger partial charge in [-0.1, -0.05) is 18.2 Å². The third kappa shape index (κ3) is 2.68. The second kappa shape index (κ2) is 6.35. The Bertz CT molecular complexity index is 1100. The van der Waals surface area contributed by atoms with Crippen molar-refractivity contribution >= 4 is 16.9 Å². The summed E-state index contributed by atoms with van der Waals surface area (Å²) in [6, 6.07) is 11.0. The van der Waals surface area contributed by atoms with Gasteiger partial charge < -0.3 is 24.1 Å². The molecular weight excluding hydrogens is 352 g/mol. The molecule has 2 atom stereocenters. The lowest BCUT2D eigenvalue weighted by Crippen LogP contribution is -2.32. The van der Waals surface area contributed by atoms with E-state index in [1.165, 1.54) is 18.2 Å². The van der Waals surface area contributed by atoms with E-state index in [9.17, 15) is 19.8 Å². The Kier molecular flexibility index (Phi) is 3.99. The third-order valence-corrected chi connectivity index (χ3v) is 4.53. The quantitative estimate of drug-likeness (QED) is 0.416. The van der Waals surface area contributed by atoms with E-state index in [1.54, 1.807) is 31.2 Å². The molecule has 0 fully saturated rings. The number of para-hydroxylation sites is 1. The topological polar surface area (TPSA) is 106 Å². The maximum Gasteiger partial charge on any atom is 0.348 e. The van der Waals surface area contributed by atoms with Crippen molar-refractivity contribution in [3.63, 3.8) is 0 Å². The van der Waals surface area contributed by atoms with Gasteiger partial charge in [-0.15, -0.1) is 0 Å². The van der Waals surface area contributed by atoms with Crippen LogP contribution < -0.4 is 10.4 Å². The molecule has 0 saturated carbocycles. The molecule has 7 heteroatoms. The molecule has 0 saturated heterocycles. The summed E-state index contributed by atoms with van der Waals surface area (Å²) < 4.78 is 16.4. The highest BCUT2D eigenvalue weighted by atomic mass is 16.6. The molecule has 138 valence electrons. The summed E-state index contributed by atoms with van der Waals surface area (Å²) >= 11 is 0. The van der Waals surface area contributed by atoms with Gasteiger partial charge in [-0.2, -0.15) is 0 Å². The molecule has 1 aliphatic heterocycles. The van der Waals surface area contributed by atoms with E-state index in [0.717, 1.165) is 0 Å². The minimum atomic E-state index is -1.11. The van der Waals surface area contributed by atoms with Gasteiger partial charge in [0, 0.05) is 0 Å². The Morgan fingerprint density at radius 2 is 1.93 bits per heavy atom. The van der Waals surface area contributed by atoms with Gasteiger partial charge in [0.05, 0.1) is 23.5 Å². The first-order chi connectivity index (χ1) is 13.0. The molecule has 0 bridgehead atoms. The smallest absolute Gasteiger partial charge is 0.348 e. The van der Waals surface area contributed by atoms with Crippen LogP contribution in [0.4, 0.5) is 0 Å². The first-order valence-electron chi connectivity index (χ1n) is 8.42. The Labute approximate surface area is 153 Å². The predicted molar refractivity (Wildman–Crippen MR) is 95.1 cm³/mol. The van der Waals surface area contributed by atoms with Crippen molar-refractivity contribution in [2.45, 2.75) is 18.9 Å². The lowest BCUT2D eigenvalue weighted by Gasteiger charge is -2.17. The van der Waals surface area contributed by atoms with Crippen LogP contribution in [0.2, 0.25) is 0 Å². The van der Waals surface area contributed by atoms with Crippen molar-refractivity contribution in [2.75, 3.05) is 6.61 Å². The van der Waals surface area contributed by atoms with E-state index >= 15 is 0 Å². The van der Waals surface area contributed by atoms with E-state index in [-0.39, 0.29) is 29.4 Å². The number of hydrogen-bond donors (Lipinski definition) is 2. The van der Waals surface area contributed by atoms with Crippen LogP contribution in [0.15, 0.2) is 51.7 Å². The number of ether oxygens (including phenoxy) is 2. The predicted octanol–water partition coefficient (Wildman–Crippen LogP) is 2.66. The summed E-state index contributed by atoms with van der Waals surface area (Å²) in [5.41, 5.74) is 0.313. The highest BCUT2D eigenvalue weighted by Gasteiger charge is 2.45. The molecule has 4 rings (SSSR count). The van der Waals surface area contributed by atoms with Crippen LogP contribution in [0.3, 0.4) is 0 Å². The number of carbonyl (C=O) groups is 1. The van der Waals surface area contributed by atoms with Crippen LogP contribution >= 0.6 is 0 Å². The van der Waals surface area contributed by atoms with Gasteiger partial charge in [0.1, 0.15) is 11.3 Å². The molecule has 2 N–H and O–H groups in total. The zero-order chi connectivity index (χ0) is 19.1. The summed E-state index contributed by atoms with van der Waals surface area (Å²) in [5, 5.41) is 20.0. The maximum atomic E-state index is 12.7. The fourth-order valence-electron chi connectivity index (χ4n) is 3.36. The minimum Gasteiger partial charge on any atom is -0.504 e. The number of hydrogen-bond acceptors (Lipinski definition) is 7. The number of rotatable bonds is 3. The maximum absolute atomic E-state index is 12.7. The molecule has 7 nitrogen and oxygen atoms in total. The van der Waals surface area contributed by atoms with Gasteiger partial charge in [0.2, 0.25) is 6.10 Å². The van der Waals surface area contributed by atoms with Crippen molar-refractivity contribution in [1.29, 1.82) is 0 Å². The monoisotopic (exact) mass is 368 g/mol. The second-order valence-corrected chi connectivity index (χ2v) is 6.14. The lowest BCUT2D eigenvalue weighted by molar-refractivity contribution is -0.151. The van der Waals surface area contributed by atoms with Crippen molar-refractivity contribution in [2.24, 2.45) is 0 Å². The average Bonchev–Trinajstić information content (AvgIpc) is 3.06. The molecular formula is C20H16O7. The van der Waals surface area contributed by atoms with Crippen LogP contribution in [0, 0.1) is 0 Å². The SMILES string of the molecule is CCOC(=O)[C@@H]1Oc2c(c(=O)oc3ccccc23)[C@H]1c1ccc(O)c(O)c1. The van der Waals surface area contributed by atoms with E-state index in [1.807, 2.05) is 0 Å². The molecule has 0 spiro atoms. The number of phenols is 2. The van der Waals surface area contributed by atoms with E-state index in [2.05, 4.69) is 0 Å². The van der Waals surface area contributed by atoms with Crippen molar-refractivity contribution in [3.8, 4) is 17.2 Å². The number of carbonyl (C=O) groups excluding carboxylic acids is 1. The Hall–Kier alpha value is -3.48. The van der Waals surface area contributed by atoms with Gasteiger partial charge >= 0.3 is 11.6 Å². The summed E-state index contributed by atoms with van der Waals surface area (Å²) in [5.74, 6) is -1.89. The van der Waals surface area contributed by atoms with Gasteiger partial charge in [-0.25, -0.2) is 9.59 Å². The molecule has 1 aliphatic rings.